The molecule has 0 spiro atoms. The van der Waals surface area contributed by atoms with Crippen LogP contribution in [0.5, 0.6) is 0 Å². The lowest BCUT2D eigenvalue weighted by molar-refractivity contribution is 0.272. The molecule has 0 aliphatic heterocycles. The zero-order chi connectivity index (χ0) is 18.2. The molecule has 25 heavy (non-hydrogen) atoms. The number of carbonyl (C=O) groups is 1. The maximum Gasteiger partial charge on any atom is 0.273 e. The summed E-state index contributed by atoms with van der Waals surface area (Å²) in [4.78, 5) is 16.3. The predicted octanol–water partition coefficient (Wildman–Crippen LogP) is 6.50. The first-order valence-corrected chi connectivity index (χ1v) is 10.2. The first kappa shape index (κ1) is 20.6. The Morgan fingerprint density at radius 1 is 1.36 bits per heavy atom. The highest BCUT2D eigenvalue weighted by Crippen LogP contribution is 2.39. The van der Waals surface area contributed by atoms with Crippen LogP contribution in [0.3, 0.4) is 0 Å². The Balaban J connectivity index is 2.03. The number of halogens is 2. The Morgan fingerprint density at radius 2 is 2.16 bits per heavy atom. The van der Waals surface area contributed by atoms with Crippen LogP contribution in [-0.4, -0.2) is 20.6 Å². The van der Waals surface area contributed by atoms with Crippen LogP contribution in [0.15, 0.2) is 36.9 Å². The van der Waals surface area contributed by atoms with Crippen molar-refractivity contribution in [3.05, 3.63) is 52.5 Å². The smallest absolute Gasteiger partial charge is 0.273 e. The molecule has 0 saturated carbocycles. The molecule has 2 aromatic rings. The third-order valence-electron chi connectivity index (χ3n) is 3.39. The minimum Gasteiger partial charge on any atom is -0.336 e. The lowest BCUT2D eigenvalue weighted by atomic mass is 10.1. The lowest BCUT2D eigenvalue weighted by Crippen LogP contribution is -2.07. The fourth-order valence-electron chi connectivity index (χ4n) is 2.06. The molecule has 0 saturated heterocycles. The van der Waals surface area contributed by atoms with Crippen molar-refractivity contribution < 1.29 is 8.98 Å². The number of aromatic nitrogens is 2. The van der Waals surface area contributed by atoms with E-state index in [1.165, 1.54) is 11.8 Å². The van der Waals surface area contributed by atoms with E-state index in [4.69, 9.17) is 27.4 Å². The van der Waals surface area contributed by atoms with Gasteiger partial charge in [0.2, 0.25) is 0 Å². The van der Waals surface area contributed by atoms with Gasteiger partial charge in [0.1, 0.15) is 0 Å². The first-order valence-electron chi connectivity index (χ1n) is 7.86. The van der Waals surface area contributed by atoms with Crippen LogP contribution >= 0.6 is 47.0 Å². The topological polar surface area (TPSA) is 44.1 Å². The fourth-order valence-corrected chi connectivity index (χ4v) is 4.40. The van der Waals surface area contributed by atoms with Crippen LogP contribution in [0.25, 0.3) is 0 Å². The molecule has 1 atom stereocenters. The fraction of sp³-hybridized carbons (Fsp3) is 0.412. The molecule has 0 aliphatic rings. The molecule has 136 valence electrons. The van der Waals surface area contributed by atoms with E-state index in [9.17, 15) is 4.79 Å². The zero-order valence-electron chi connectivity index (χ0n) is 14.0. The van der Waals surface area contributed by atoms with Crippen LogP contribution in [0.1, 0.15) is 31.1 Å². The normalized spacial score (nSPS) is 12.5. The monoisotopic (exact) mass is 418 g/mol. The van der Waals surface area contributed by atoms with Gasteiger partial charge in [0.15, 0.2) is 0 Å². The molecule has 1 heterocycles. The Kier molecular flexibility index (Phi) is 8.66. The number of benzene rings is 1. The molecule has 2 rings (SSSR count). The summed E-state index contributed by atoms with van der Waals surface area (Å²) in [7, 11) is 0. The average Bonchev–Trinajstić information content (AvgIpc) is 3.04. The van der Waals surface area contributed by atoms with E-state index >= 15 is 0 Å². The number of imidazole rings is 1. The van der Waals surface area contributed by atoms with Crippen LogP contribution in [0, 0.1) is 5.92 Å². The van der Waals surface area contributed by atoms with E-state index in [1.54, 1.807) is 24.7 Å². The largest absolute Gasteiger partial charge is 0.336 e. The van der Waals surface area contributed by atoms with Crippen molar-refractivity contribution in [2.45, 2.75) is 32.1 Å². The molecule has 0 radical (unpaired) electrons. The highest BCUT2D eigenvalue weighted by molar-refractivity contribution is 8.36. The zero-order valence-corrected chi connectivity index (χ0v) is 17.2. The Bertz CT molecular complexity index is 681. The van der Waals surface area contributed by atoms with Crippen LogP contribution in [0.4, 0.5) is 4.79 Å². The van der Waals surface area contributed by atoms with E-state index in [0.717, 1.165) is 24.0 Å². The van der Waals surface area contributed by atoms with Gasteiger partial charge in [-0.15, -0.1) is 0 Å². The summed E-state index contributed by atoms with van der Waals surface area (Å²) in [5.41, 5.74) is 0.862. The number of hydrogen-bond donors (Lipinski definition) is 0. The summed E-state index contributed by atoms with van der Waals surface area (Å²) in [6.45, 7) is 5.37. The summed E-state index contributed by atoms with van der Waals surface area (Å²) in [6, 6.07) is 5.33. The van der Waals surface area contributed by atoms with E-state index < -0.39 is 0 Å². The molecular formula is C17H20Cl2N2O2S2. The van der Waals surface area contributed by atoms with Crippen molar-refractivity contribution >= 4 is 51.5 Å². The van der Waals surface area contributed by atoms with Crippen LogP contribution < -0.4 is 0 Å². The number of thioether (sulfide) groups is 1. The van der Waals surface area contributed by atoms with Gasteiger partial charge in [0, 0.05) is 29.0 Å². The van der Waals surface area contributed by atoms with Crippen molar-refractivity contribution in [3.63, 3.8) is 0 Å². The summed E-state index contributed by atoms with van der Waals surface area (Å²) >= 11 is 14.4. The van der Waals surface area contributed by atoms with Gasteiger partial charge in [-0.1, -0.05) is 54.9 Å². The standard InChI is InChI=1S/C17H20Cl2N2O2S2/c1-12(2)5-8-23-25-17(22)24-16(10-21-7-6-20-11-21)14-4-3-13(18)9-15(14)19/h3-4,6-7,9,11-12,16H,5,8,10H2,1-2H3. The minimum absolute atomic E-state index is 0.0973. The van der Waals surface area contributed by atoms with Gasteiger partial charge in [-0.2, -0.15) is 0 Å². The molecule has 0 bridgehead atoms. The summed E-state index contributed by atoms with van der Waals surface area (Å²) < 4.78 is 7.22. The Hall–Kier alpha value is -0.660. The van der Waals surface area contributed by atoms with Crippen molar-refractivity contribution in [2.75, 3.05) is 6.61 Å². The molecule has 0 aliphatic carbocycles. The maximum absolute atomic E-state index is 12.3. The average molecular weight is 419 g/mol. The second kappa shape index (κ2) is 10.5. The highest BCUT2D eigenvalue weighted by Gasteiger charge is 2.21. The summed E-state index contributed by atoms with van der Waals surface area (Å²) in [5.74, 6) is 0.546. The highest BCUT2D eigenvalue weighted by atomic mass is 35.5. The SMILES string of the molecule is CC(C)CCOSC(=O)SC(Cn1ccnc1)c1ccc(Cl)cc1Cl. The molecule has 1 aromatic carbocycles. The second-order valence-electron chi connectivity index (χ2n) is 5.87. The molecule has 0 fully saturated rings. The van der Waals surface area contributed by atoms with Gasteiger partial charge >= 0.3 is 0 Å². The van der Waals surface area contributed by atoms with E-state index in [0.29, 0.717) is 29.1 Å². The number of nitrogens with zero attached hydrogens (tertiary/aromatic N) is 2. The van der Waals surface area contributed by atoms with Gasteiger partial charge in [0.25, 0.3) is 4.45 Å². The van der Waals surface area contributed by atoms with Crippen LogP contribution in [0.2, 0.25) is 10.0 Å². The van der Waals surface area contributed by atoms with Gasteiger partial charge in [-0.05, 0) is 30.0 Å². The van der Waals surface area contributed by atoms with Crippen molar-refractivity contribution in [3.8, 4) is 0 Å². The third-order valence-corrected chi connectivity index (χ3v) is 5.74. The molecule has 1 aromatic heterocycles. The number of hydrogen-bond acceptors (Lipinski definition) is 5. The molecule has 4 nitrogen and oxygen atoms in total. The van der Waals surface area contributed by atoms with E-state index in [-0.39, 0.29) is 9.70 Å². The Labute approximate surface area is 166 Å². The van der Waals surface area contributed by atoms with Gasteiger partial charge in [-0.25, -0.2) is 4.98 Å². The molecule has 0 N–H and O–H groups in total. The van der Waals surface area contributed by atoms with Gasteiger partial charge < -0.3 is 8.75 Å². The lowest BCUT2D eigenvalue weighted by Gasteiger charge is -2.18. The maximum atomic E-state index is 12.3. The Morgan fingerprint density at radius 3 is 2.80 bits per heavy atom. The minimum atomic E-state index is -0.160. The predicted molar refractivity (Wildman–Crippen MR) is 107 cm³/mol. The van der Waals surface area contributed by atoms with Gasteiger partial charge in [-0.3, -0.25) is 4.79 Å². The summed E-state index contributed by atoms with van der Waals surface area (Å²) in [5, 5.41) is 0.953. The quantitative estimate of drug-likeness (QED) is 0.361. The second-order valence-corrected chi connectivity index (χ2v) is 8.92. The molecular weight excluding hydrogens is 399 g/mol. The van der Waals surface area contributed by atoms with Crippen molar-refractivity contribution in [1.29, 1.82) is 0 Å². The van der Waals surface area contributed by atoms with E-state index in [2.05, 4.69) is 18.8 Å². The van der Waals surface area contributed by atoms with E-state index in [1.807, 2.05) is 16.8 Å². The van der Waals surface area contributed by atoms with Crippen molar-refractivity contribution in [2.24, 2.45) is 5.92 Å². The first-order chi connectivity index (χ1) is 12.0. The van der Waals surface area contributed by atoms with Crippen molar-refractivity contribution in [1.82, 2.24) is 9.55 Å². The summed E-state index contributed by atoms with van der Waals surface area (Å²) in [6.07, 6.45) is 6.20. The third kappa shape index (κ3) is 7.23. The molecule has 0 amide bonds. The number of rotatable bonds is 8. The van der Waals surface area contributed by atoms with Gasteiger partial charge in [0.05, 0.1) is 30.2 Å². The van der Waals surface area contributed by atoms with Crippen LogP contribution in [-0.2, 0) is 10.7 Å². The molecule has 8 heteroatoms. The number of carbonyl (C=O) groups excluding carboxylic acids is 1. The molecule has 1 unspecified atom stereocenters.